The quantitative estimate of drug-likeness (QED) is 0.515. The van der Waals surface area contributed by atoms with Crippen LogP contribution in [0.25, 0.3) is 0 Å². The number of halogens is 4. The van der Waals surface area contributed by atoms with Crippen LogP contribution in [0.5, 0.6) is 0 Å². The van der Waals surface area contributed by atoms with Crippen molar-refractivity contribution in [2.75, 3.05) is 6.67 Å². The molecule has 0 N–H and O–H groups in total. The Balaban J connectivity index is 3.04. The lowest BCUT2D eigenvalue weighted by Crippen LogP contribution is -2.27. The van der Waals surface area contributed by atoms with Gasteiger partial charge in [0.1, 0.15) is 17.4 Å². The Morgan fingerprint density at radius 2 is 1.31 bits per heavy atom. The molecule has 0 bridgehead atoms. The molecular weight excluding hydrogens is 310 g/mol. The number of fused-ring (bicyclic) bond motifs is 1. The minimum atomic E-state index is -0.938. The van der Waals surface area contributed by atoms with Crippen LogP contribution in [0.1, 0.15) is 0 Å². The summed E-state index contributed by atoms with van der Waals surface area (Å²) in [4.78, 5) is 7.82. The lowest BCUT2D eigenvalue weighted by Gasteiger charge is -1.98. The van der Waals surface area contributed by atoms with E-state index in [9.17, 15) is 8.78 Å². The second-order valence-corrected chi connectivity index (χ2v) is 4.00. The molecule has 0 aromatic heterocycles. The Bertz CT molecular complexity index is 453. The van der Waals surface area contributed by atoms with Crippen LogP contribution in [-0.4, -0.2) is 6.67 Å². The van der Waals surface area contributed by atoms with Crippen LogP contribution in [-0.2, 0) is 0 Å². The minimum Gasteiger partial charge on any atom is -0.258 e. The summed E-state index contributed by atoms with van der Waals surface area (Å²) in [6.45, 7) is 0.218. The normalized spacial score (nSPS) is 13.5. The monoisotopic (exact) mass is 310 g/mol. The zero-order valence-electron chi connectivity index (χ0n) is 6.11. The van der Waals surface area contributed by atoms with Gasteiger partial charge in [-0.15, -0.1) is 0 Å². The predicted molar refractivity (Wildman–Crippen MR) is 48.9 cm³/mol. The molecule has 0 spiro atoms. The summed E-state index contributed by atoms with van der Waals surface area (Å²) in [6, 6.07) is 0. The van der Waals surface area contributed by atoms with Gasteiger partial charge in [0, 0.05) is 0 Å². The number of rotatable bonds is 0. The molecule has 2 nitrogen and oxygen atoms in total. The molecule has 13 heavy (non-hydrogen) atoms. The van der Waals surface area contributed by atoms with Crippen molar-refractivity contribution < 1.29 is 8.78 Å². The van der Waals surface area contributed by atoms with Crippen LogP contribution in [0.4, 0.5) is 8.78 Å². The highest BCUT2D eigenvalue weighted by Crippen LogP contribution is 2.18. The Morgan fingerprint density at radius 1 is 0.923 bits per heavy atom. The van der Waals surface area contributed by atoms with Gasteiger partial charge in [-0.1, -0.05) is 0 Å². The van der Waals surface area contributed by atoms with Crippen LogP contribution in [0.2, 0.25) is 0 Å². The first-order chi connectivity index (χ1) is 6.13. The first-order valence-corrected chi connectivity index (χ1v) is 4.92. The van der Waals surface area contributed by atoms with Crippen molar-refractivity contribution >= 4 is 31.9 Å². The molecule has 2 rings (SSSR count). The van der Waals surface area contributed by atoms with Gasteiger partial charge >= 0.3 is 0 Å². The fourth-order valence-corrected chi connectivity index (χ4v) is 2.05. The molecule has 1 aromatic rings. The van der Waals surface area contributed by atoms with Gasteiger partial charge in [0.2, 0.25) is 0 Å². The average molecular weight is 312 g/mol. The smallest absolute Gasteiger partial charge is 0.176 e. The summed E-state index contributed by atoms with van der Waals surface area (Å²) in [5, 5.41) is 0.733. The van der Waals surface area contributed by atoms with Crippen molar-refractivity contribution in [3.63, 3.8) is 0 Å². The van der Waals surface area contributed by atoms with Crippen molar-refractivity contribution in [3.8, 4) is 0 Å². The van der Waals surface area contributed by atoms with Crippen molar-refractivity contribution in [1.82, 2.24) is 0 Å². The first kappa shape index (κ1) is 9.21. The van der Waals surface area contributed by atoms with Crippen molar-refractivity contribution in [2.45, 2.75) is 0 Å². The van der Waals surface area contributed by atoms with Gasteiger partial charge in [0.25, 0.3) is 0 Å². The van der Waals surface area contributed by atoms with E-state index in [-0.39, 0.29) is 15.6 Å². The summed E-state index contributed by atoms with van der Waals surface area (Å²) >= 11 is 5.85. The van der Waals surface area contributed by atoms with Crippen LogP contribution in [0, 0.1) is 11.6 Å². The van der Waals surface area contributed by atoms with Crippen molar-refractivity contribution in [2.24, 2.45) is 9.98 Å². The molecule has 1 aromatic carbocycles. The van der Waals surface area contributed by atoms with Gasteiger partial charge in [0.05, 0.1) is 8.95 Å². The fraction of sp³-hybridized carbons (Fsp3) is 0.143. The standard InChI is InChI=1S/C7H2Br2F2N2/c8-2-4(10)5(11)3(9)7-6(2)12-1-13-7/h1H2. The fourth-order valence-electron chi connectivity index (χ4n) is 1.07. The minimum absolute atomic E-state index is 0.0319. The number of hydrogen-bond acceptors (Lipinski definition) is 2. The molecule has 0 aliphatic carbocycles. The Morgan fingerprint density at radius 3 is 1.69 bits per heavy atom. The molecule has 68 valence electrons. The molecule has 6 heteroatoms. The molecule has 1 aliphatic rings. The summed E-state index contributed by atoms with van der Waals surface area (Å²) in [6.07, 6.45) is 0. The molecule has 1 heterocycles. The van der Waals surface area contributed by atoms with Gasteiger partial charge in [-0.05, 0) is 31.9 Å². The average Bonchev–Trinajstić information content (AvgIpc) is 2.59. The van der Waals surface area contributed by atoms with Crippen molar-refractivity contribution in [1.29, 1.82) is 0 Å². The maximum atomic E-state index is 13.1. The van der Waals surface area contributed by atoms with E-state index in [0.717, 1.165) is 0 Å². The van der Waals surface area contributed by atoms with Gasteiger partial charge < -0.3 is 0 Å². The predicted octanol–water partition coefficient (Wildman–Crippen LogP) is 1.70. The highest BCUT2D eigenvalue weighted by atomic mass is 79.9. The third kappa shape index (κ3) is 1.23. The molecule has 0 unspecified atom stereocenters. The molecule has 0 radical (unpaired) electrons. The second kappa shape index (κ2) is 3.09. The molecular formula is C7H2Br2F2N2. The Kier molecular flexibility index (Phi) is 2.19. The number of nitrogens with zero attached hydrogens (tertiary/aromatic N) is 2. The van der Waals surface area contributed by atoms with E-state index in [0.29, 0.717) is 10.7 Å². The summed E-state index contributed by atoms with van der Waals surface area (Å²) < 4.78 is 26.3. The Labute approximate surface area is 88.6 Å². The summed E-state index contributed by atoms with van der Waals surface area (Å²) in [5.74, 6) is -1.88. The van der Waals surface area contributed by atoms with Crippen LogP contribution in [0.15, 0.2) is 18.9 Å². The summed E-state index contributed by atoms with van der Waals surface area (Å²) in [7, 11) is 0. The maximum absolute atomic E-state index is 13.1. The molecule has 0 saturated carbocycles. The van der Waals surface area contributed by atoms with E-state index < -0.39 is 11.6 Å². The second-order valence-electron chi connectivity index (χ2n) is 2.41. The summed E-state index contributed by atoms with van der Waals surface area (Å²) in [5.41, 5.74) is 0. The zero-order chi connectivity index (χ0) is 9.59. The topological polar surface area (TPSA) is 24.7 Å². The van der Waals surface area contributed by atoms with Crippen LogP contribution in [0.3, 0.4) is 0 Å². The van der Waals surface area contributed by atoms with Gasteiger partial charge in [0.15, 0.2) is 11.6 Å². The third-order valence-corrected chi connectivity index (χ3v) is 3.12. The van der Waals surface area contributed by atoms with Crippen LogP contribution < -0.4 is 10.7 Å². The Hall–Kier alpha value is -0.360. The van der Waals surface area contributed by atoms with E-state index in [1.165, 1.54) is 0 Å². The molecule has 1 aliphatic heterocycles. The molecule has 0 fully saturated rings. The first-order valence-electron chi connectivity index (χ1n) is 3.34. The van der Waals surface area contributed by atoms with Gasteiger partial charge in [-0.2, -0.15) is 0 Å². The zero-order valence-corrected chi connectivity index (χ0v) is 9.29. The maximum Gasteiger partial charge on any atom is 0.176 e. The number of benzene rings is 1. The largest absolute Gasteiger partial charge is 0.258 e. The van der Waals surface area contributed by atoms with Gasteiger partial charge in [-0.25, -0.2) is 8.78 Å². The van der Waals surface area contributed by atoms with E-state index >= 15 is 0 Å². The van der Waals surface area contributed by atoms with E-state index in [1.54, 1.807) is 0 Å². The van der Waals surface area contributed by atoms with E-state index in [2.05, 4.69) is 41.8 Å². The van der Waals surface area contributed by atoms with Crippen molar-refractivity contribution in [3.05, 3.63) is 31.3 Å². The third-order valence-electron chi connectivity index (χ3n) is 1.68. The molecule has 0 amide bonds. The molecule has 0 saturated heterocycles. The van der Waals surface area contributed by atoms with Gasteiger partial charge in [-0.3, -0.25) is 9.98 Å². The SMILES string of the molecule is Fc1c(F)c(Br)c2c(c1Br)=NCN=2. The van der Waals surface area contributed by atoms with E-state index in [1.807, 2.05) is 0 Å². The lowest BCUT2D eigenvalue weighted by atomic mass is 10.3. The lowest BCUT2D eigenvalue weighted by molar-refractivity contribution is 0.496. The van der Waals surface area contributed by atoms with E-state index in [4.69, 9.17) is 0 Å². The van der Waals surface area contributed by atoms with Crippen LogP contribution >= 0.6 is 31.9 Å². The highest BCUT2D eigenvalue weighted by molar-refractivity contribution is 9.11. The number of hydrogen-bond donors (Lipinski definition) is 0. The molecule has 0 atom stereocenters. The highest BCUT2D eigenvalue weighted by Gasteiger charge is 2.17.